The van der Waals surface area contributed by atoms with Gasteiger partial charge in [0.15, 0.2) is 0 Å². The first-order valence-electron chi connectivity index (χ1n) is 5.69. The number of benzene rings is 1. The SMILES string of the molecule is CC(C(=O)O)(c1ccccc1)N1CCCC1. The van der Waals surface area contributed by atoms with Crippen molar-refractivity contribution >= 4 is 5.97 Å². The molecule has 86 valence electrons. The zero-order valence-electron chi connectivity index (χ0n) is 9.52. The Hall–Kier alpha value is -1.35. The summed E-state index contributed by atoms with van der Waals surface area (Å²) in [5.74, 6) is -0.763. The minimum atomic E-state index is -0.877. The summed E-state index contributed by atoms with van der Waals surface area (Å²) < 4.78 is 0. The lowest BCUT2D eigenvalue weighted by molar-refractivity contribution is -0.150. The van der Waals surface area contributed by atoms with Crippen LogP contribution in [0.1, 0.15) is 25.3 Å². The molecule has 1 fully saturated rings. The fourth-order valence-corrected chi connectivity index (χ4v) is 2.37. The van der Waals surface area contributed by atoms with Crippen LogP contribution in [-0.2, 0) is 10.3 Å². The zero-order valence-corrected chi connectivity index (χ0v) is 9.52. The van der Waals surface area contributed by atoms with Gasteiger partial charge in [-0.3, -0.25) is 4.90 Å². The number of hydrogen-bond donors (Lipinski definition) is 1. The molecule has 3 nitrogen and oxygen atoms in total. The Morgan fingerprint density at radius 1 is 1.25 bits per heavy atom. The Morgan fingerprint density at radius 3 is 2.31 bits per heavy atom. The number of aliphatic carboxylic acids is 1. The van der Waals surface area contributed by atoms with Gasteiger partial charge in [0.2, 0.25) is 0 Å². The van der Waals surface area contributed by atoms with Crippen LogP contribution in [0.5, 0.6) is 0 Å². The molecule has 1 unspecified atom stereocenters. The summed E-state index contributed by atoms with van der Waals surface area (Å²) >= 11 is 0. The summed E-state index contributed by atoms with van der Waals surface area (Å²) in [5.41, 5.74) is -0.0120. The Morgan fingerprint density at radius 2 is 1.81 bits per heavy atom. The molecule has 0 amide bonds. The van der Waals surface area contributed by atoms with Gasteiger partial charge in [-0.25, -0.2) is 4.79 Å². The molecule has 3 heteroatoms. The lowest BCUT2D eigenvalue weighted by Crippen LogP contribution is -2.48. The lowest BCUT2D eigenvalue weighted by Gasteiger charge is -2.35. The molecule has 1 aliphatic heterocycles. The van der Waals surface area contributed by atoms with Crippen LogP contribution in [0.25, 0.3) is 0 Å². The molecule has 1 N–H and O–H groups in total. The van der Waals surface area contributed by atoms with Crippen LogP contribution >= 0.6 is 0 Å². The Balaban J connectivity index is 2.39. The van der Waals surface area contributed by atoms with E-state index < -0.39 is 11.5 Å². The minimum absolute atomic E-state index is 0.763. The molecule has 1 saturated heterocycles. The van der Waals surface area contributed by atoms with E-state index in [1.807, 2.05) is 30.3 Å². The topological polar surface area (TPSA) is 40.5 Å². The molecule has 0 bridgehead atoms. The quantitative estimate of drug-likeness (QED) is 0.846. The monoisotopic (exact) mass is 219 g/mol. The van der Waals surface area contributed by atoms with Crippen molar-refractivity contribution in [2.75, 3.05) is 13.1 Å². The molecule has 1 aliphatic rings. The molecule has 1 aromatic carbocycles. The van der Waals surface area contributed by atoms with Crippen LogP contribution in [0.3, 0.4) is 0 Å². The number of rotatable bonds is 3. The van der Waals surface area contributed by atoms with Crippen molar-refractivity contribution in [2.45, 2.75) is 25.3 Å². The maximum Gasteiger partial charge on any atom is 0.328 e. The average Bonchev–Trinajstić information content (AvgIpc) is 2.82. The van der Waals surface area contributed by atoms with E-state index in [4.69, 9.17) is 0 Å². The Bertz CT molecular complexity index is 371. The van der Waals surface area contributed by atoms with Gasteiger partial charge in [0.25, 0.3) is 0 Å². The first-order chi connectivity index (χ1) is 7.65. The van der Waals surface area contributed by atoms with Gasteiger partial charge in [0, 0.05) is 0 Å². The molecule has 1 aromatic rings. The van der Waals surface area contributed by atoms with Gasteiger partial charge in [-0.2, -0.15) is 0 Å². The second-order valence-electron chi connectivity index (χ2n) is 4.44. The van der Waals surface area contributed by atoms with Crippen molar-refractivity contribution < 1.29 is 9.90 Å². The summed E-state index contributed by atoms with van der Waals surface area (Å²) in [6, 6.07) is 9.49. The summed E-state index contributed by atoms with van der Waals surface area (Å²) in [6.45, 7) is 3.55. The van der Waals surface area contributed by atoms with Crippen molar-refractivity contribution in [1.29, 1.82) is 0 Å². The van der Waals surface area contributed by atoms with Crippen LogP contribution in [0.15, 0.2) is 30.3 Å². The van der Waals surface area contributed by atoms with E-state index >= 15 is 0 Å². The van der Waals surface area contributed by atoms with E-state index in [1.165, 1.54) is 0 Å². The molecular formula is C13H17NO2. The van der Waals surface area contributed by atoms with E-state index in [9.17, 15) is 9.90 Å². The molecule has 2 rings (SSSR count). The van der Waals surface area contributed by atoms with Crippen LogP contribution in [0, 0.1) is 0 Å². The van der Waals surface area contributed by atoms with Gasteiger partial charge in [-0.05, 0) is 38.4 Å². The third-order valence-corrected chi connectivity index (χ3v) is 3.49. The standard InChI is InChI=1S/C13H17NO2/c1-13(12(15)16,14-9-5-6-10-14)11-7-3-2-4-8-11/h2-4,7-8H,5-6,9-10H2,1H3,(H,15,16). The average molecular weight is 219 g/mol. The largest absolute Gasteiger partial charge is 0.480 e. The third kappa shape index (κ3) is 1.71. The maximum absolute atomic E-state index is 11.6. The van der Waals surface area contributed by atoms with Crippen molar-refractivity contribution in [3.05, 3.63) is 35.9 Å². The molecule has 0 radical (unpaired) electrons. The van der Waals surface area contributed by atoms with Gasteiger partial charge in [0.1, 0.15) is 5.54 Å². The second kappa shape index (κ2) is 4.26. The molecule has 0 aliphatic carbocycles. The first-order valence-corrected chi connectivity index (χ1v) is 5.69. The Labute approximate surface area is 95.7 Å². The summed E-state index contributed by atoms with van der Waals surface area (Å²) in [6.07, 6.45) is 2.19. The maximum atomic E-state index is 11.6. The molecular weight excluding hydrogens is 202 g/mol. The molecule has 16 heavy (non-hydrogen) atoms. The van der Waals surface area contributed by atoms with Crippen molar-refractivity contribution in [2.24, 2.45) is 0 Å². The van der Waals surface area contributed by atoms with Crippen LogP contribution in [0.4, 0.5) is 0 Å². The van der Waals surface area contributed by atoms with E-state index in [0.717, 1.165) is 31.5 Å². The van der Waals surface area contributed by atoms with Crippen LogP contribution < -0.4 is 0 Å². The number of carbonyl (C=O) groups is 1. The van der Waals surface area contributed by atoms with Gasteiger partial charge in [0.05, 0.1) is 0 Å². The van der Waals surface area contributed by atoms with E-state index in [0.29, 0.717) is 0 Å². The predicted octanol–water partition coefficient (Wildman–Crippen LogP) is 2.08. The molecule has 1 atom stereocenters. The van der Waals surface area contributed by atoms with Crippen molar-refractivity contribution in [3.8, 4) is 0 Å². The highest BCUT2D eigenvalue weighted by atomic mass is 16.4. The Kier molecular flexibility index (Phi) is 2.97. The third-order valence-electron chi connectivity index (χ3n) is 3.49. The van der Waals surface area contributed by atoms with Gasteiger partial charge in [-0.15, -0.1) is 0 Å². The number of hydrogen-bond acceptors (Lipinski definition) is 2. The van der Waals surface area contributed by atoms with Crippen molar-refractivity contribution in [1.82, 2.24) is 4.90 Å². The number of carboxylic acid groups (broad SMARTS) is 1. The molecule has 1 heterocycles. The minimum Gasteiger partial charge on any atom is -0.480 e. The highest BCUT2D eigenvalue weighted by Crippen LogP contribution is 2.31. The number of likely N-dealkylation sites (tertiary alicyclic amines) is 1. The van der Waals surface area contributed by atoms with Crippen LogP contribution in [-0.4, -0.2) is 29.1 Å². The van der Waals surface area contributed by atoms with Gasteiger partial charge in [-0.1, -0.05) is 30.3 Å². The highest BCUT2D eigenvalue weighted by Gasteiger charge is 2.42. The van der Waals surface area contributed by atoms with E-state index in [-0.39, 0.29) is 0 Å². The highest BCUT2D eigenvalue weighted by molar-refractivity contribution is 5.80. The molecule has 0 aromatic heterocycles. The van der Waals surface area contributed by atoms with Gasteiger partial charge < -0.3 is 5.11 Å². The van der Waals surface area contributed by atoms with E-state index in [1.54, 1.807) is 6.92 Å². The van der Waals surface area contributed by atoms with Crippen LogP contribution in [0.2, 0.25) is 0 Å². The summed E-state index contributed by atoms with van der Waals surface area (Å²) in [7, 11) is 0. The summed E-state index contributed by atoms with van der Waals surface area (Å²) in [5, 5.41) is 9.50. The fourth-order valence-electron chi connectivity index (χ4n) is 2.37. The fraction of sp³-hybridized carbons (Fsp3) is 0.462. The second-order valence-corrected chi connectivity index (χ2v) is 4.44. The van der Waals surface area contributed by atoms with Crippen molar-refractivity contribution in [3.63, 3.8) is 0 Å². The smallest absolute Gasteiger partial charge is 0.328 e. The summed E-state index contributed by atoms with van der Waals surface area (Å²) in [4.78, 5) is 13.6. The number of nitrogens with zero attached hydrogens (tertiary/aromatic N) is 1. The zero-order chi connectivity index (χ0) is 11.6. The van der Waals surface area contributed by atoms with E-state index in [2.05, 4.69) is 4.90 Å². The first kappa shape index (κ1) is 11.1. The molecule has 0 spiro atoms. The number of carboxylic acids is 1. The molecule has 0 saturated carbocycles. The lowest BCUT2D eigenvalue weighted by atomic mass is 9.90. The predicted molar refractivity (Wildman–Crippen MR) is 62.2 cm³/mol. The van der Waals surface area contributed by atoms with Gasteiger partial charge >= 0.3 is 5.97 Å². The normalized spacial score (nSPS) is 20.6.